The molecule has 0 radical (unpaired) electrons. The lowest BCUT2D eigenvalue weighted by molar-refractivity contribution is 0.0600. The van der Waals surface area contributed by atoms with Crippen LogP contribution in [0.15, 0.2) is 35.4 Å². The van der Waals surface area contributed by atoms with Crippen LogP contribution >= 0.6 is 11.3 Å². The van der Waals surface area contributed by atoms with Crippen LogP contribution in [0.2, 0.25) is 25.7 Å². The second-order valence-electron chi connectivity index (χ2n) is 9.93. The van der Waals surface area contributed by atoms with E-state index in [-0.39, 0.29) is 10.6 Å². The van der Waals surface area contributed by atoms with Gasteiger partial charge in [0.15, 0.2) is 5.65 Å². The number of rotatable bonds is 8. The SMILES string of the molecule is COC(=O)c1nc2c(s1)c1cnn(Cc3cccc4c3cnn4COCC[Si](C)(C)C)c(=O)c1n2C. The second kappa shape index (κ2) is 9.26. The molecule has 0 fully saturated rings. The van der Waals surface area contributed by atoms with E-state index >= 15 is 0 Å². The van der Waals surface area contributed by atoms with Gasteiger partial charge in [0.2, 0.25) is 5.01 Å². The molecule has 0 saturated carbocycles. The highest BCUT2D eigenvalue weighted by Crippen LogP contribution is 2.31. The van der Waals surface area contributed by atoms with Gasteiger partial charge in [0.25, 0.3) is 5.56 Å². The highest BCUT2D eigenvalue weighted by molar-refractivity contribution is 7.21. The summed E-state index contributed by atoms with van der Waals surface area (Å²) >= 11 is 1.20. The van der Waals surface area contributed by atoms with Crippen LogP contribution in [0.1, 0.15) is 15.4 Å². The van der Waals surface area contributed by atoms with Gasteiger partial charge in [0.05, 0.1) is 36.3 Å². The van der Waals surface area contributed by atoms with Gasteiger partial charge in [0, 0.05) is 32.5 Å². The van der Waals surface area contributed by atoms with Crippen molar-refractivity contribution in [2.45, 2.75) is 39.0 Å². The first-order valence-electron chi connectivity index (χ1n) is 11.6. The van der Waals surface area contributed by atoms with Crippen molar-refractivity contribution in [2.75, 3.05) is 13.7 Å². The molecule has 10 nitrogen and oxygen atoms in total. The average molecular weight is 525 g/mol. The first-order chi connectivity index (χ1) is 17.2. The van der Waals surface area contributed by atoms with E-state index in [4.69, 9.17) is 9.47 Å². The molecule has 0 amide bonds. The van der Waals surface area contributed by atoms with Crippen LogP contribution in [0.4, 0.5) is 0 Å². The van der Waals surface area contributed by atoms with Crippen molar-refractivity contribution in [1.82, 2.24) is 29.1 Å². The fraction of sp³-hybridized carbons (Fsp3) is 0.375. The van der Waals surface area contributed by atoms with Crippen molar-refractivity contribution in [1.29, 1.82) is 0 Å². The molecular formula is C24H28N6O4SSi. The van der Waals surface area contributed by atoms with Crippen molar-refractivity contribution in [3.8, 4) is 0 Å². The summed E-state index contributed by atoms with van der Waals surface area (Å²) in [4.78, 5) is 29.7. The van der Waals surface area contributed by atoms with Gasteiger partial charge in [-0.2, -0.15) is 10.2 Å². The first-order valence-corrected chi connectivity index (χ1v) is 16.1. The van der Waals surface area contributed by atoms with E-state index in [9.17, 15) is 9.59 Å². The Labute approximate surface area is 212 Å². The summed E-state index contributed by atoms with van der Waals surface area (Å²) in [6.07, 6.45) is 3.47. The van der Waals surface area contributed by atoms with E-state index in [2.05, 4.69) is 34.8 Å². The Morgan fingerprint density at radius 2 is 1.86 bits per heavy atom. The quantitative estimate of drug-likeness (QED) is 0.172. The molecule has 0 saturated heterocycles. The molecule has 4 heterocycles. The number of carbonyl (C=O) groups is 1. The normalized spacial score (nSPS) is 12.2. The largest absolute Gasteiger partial charge is 0.464 e. The number of methoxy groups -OCH3 is 1. The maximum atomic E-state index is 13.4. The van der Waals surface area contributed by atoms with Gasteiger partial charge in [-0.25, -0.2) is 19.1 Å². The Morgan fingerprint density at radius 1 is 1.11 bits per heavy atom. The predicted octanol–water partition coefficient (Wildman–Crippen LogP) is 3.84. The Kier molecular flexibility index (Phi) is 6.26. The number of hydrogen-bond acceptors (Lipinski definition) is 8. The summed E-state index contributed by atoms with van der Waals surface area (Å²) in [6.45, 7) is 8.40. The summed E-state index contributed by atoms with van der Waals surface area (Å²) in [5, 5.41) is 10.8. The van der Waals surface area contributed by atoms with Gasteiger partial charge in [-0.3, -0.25) is 4.79 Å². The molecule has 0 aliphatic rings. The molecule has 5 aromatic rings. The third-order valence-electron chi connectivity index (χ3n) is 6.19. The summed E-state index contributed by atoms with van der Waals surface area (Å²) in [5.41, 5.74) is 2.72. The van der Waals surface area contributed by atoms with Gasteiger partial charge in [-0.05, 0) is 17.7 Å². The molecule has 0 aliphatic carbocycles. The van der Waals surface area contributed by atoms with Crippen molar-refractivity contribution < 1.29 is 14.3 Å². The lowest BCUT2D eigenvalue weighted by Crippen LogP contribution is -2.24. The van der Waals surface area contributed by atoms with Crippen molar-refractivity contribution >= 4 is 57.5 Å². The van der Waals surface area contributed by atoms with Gasteiger partial charge < -0.3 is 14.0 Å². The highest BCUT2D eigenvalue weighted by Gasteiger charge is 2.21. The third-order valence-corrected chi connectivity index (χ3v) is 8.96. The van der Waals surface area contributed by atoms with Crippen molar-refractivity contribution in [2.24, 2.45) is 7.05 Å². The van der Waals surface area contributed by atoms with E-state index in [1.807, 2.05) is 29.1 Å². The molecule has 188 valence electrons. The zero-order valence-corrected chi connectivity index (χ0v) is 22.8. The summed E-state index contributed by atoms with van der Waals surface area (Å²) in [5.74, 6) is -0.499. The fourth-order valence-corrected chi connectivity index (χ4v) is 5.95. The van der Waals surface area contributed by atoms with E-state index in [0.717, 1.165) is 33.8 Å². The van der Waals surface area contributed by atoms with Crippen molar-refractivity contribution in [3.05, 3.63) is 51.5 Å². The summed E-state index contributed by atoms with van der Waals surface area (Å²) < 4.78 is 16.4. The number of benzene rings is 1. The average Bonchev–Trinajstić information content (AvgIpc) is 3.52. The number of thiazole rings is 1. The Bertz CT molecular complexity index is 1660. The van der Waals surface area contributed by atoms with Gasteiger partial charge >= 0.3 is 5.97 Å². The topological polar surface area (TPSA) is 106 Å². The lowest BCUT2D eigenvalue weighted by atomic mass is 10.1. The molecule has 0 unspecified atom stereocenters. The molecule has 4 aromatic heterocycles. The molecule has 0 aliphatic heterocycles. The smallest absolute Gasteiger partial charge is 0.367 e. The maximum Gasteiger partial charge on any atom is 0.367 e. The van der Waals surface area contributed by atoms with Gasteiger partial charge in [-0.15, -0.1) is 11.3 Å². The highest BCUT2D eigenvalue weighted by atomic mass is 32.1. The van der Waals surface area contributed by atoms with Crippen LogP contribution in [0.25, 0.3) is 32.2 Å². The second-order valence-corrected chi connectivity index (χ2v) is 16.6. The predicted molar refractivity (Wildman–Crippen MR) is 142 cm³/mol. The van der Waals surface area contributed by atoms with Crippen LogP contribution in [0.3, 0.4) is 0 Å². The van der Waals surface area contributed by atoms with E-state index in [0.29, 0.717) is 29.8 Å². The molecule has 36 heavy (non-hydrogen) atoms. The minimum atomic E-state index is -1.15. The standard InChI is InChI=1S/C24H28N6O4SSi/c1-28-19-17(20-21(28)27-22(35-20)24(32)33-2)12-25-29(23(19)31)13-15-7-6-8-18-16(15)11-26-30(18)14-34-9-10-36(3,4)5/h6-8,11-12H,9-10,13-14H2,1-5H3. The van der Waals surface area contributed by atoms with Crippen LogP contribution in [-0.4, -0.2) is 56.9 Å². The number of hydrogen-bond donors (Lipinski definition) is 0. The number of aryl methyl sites for hydroxylation is 1. The molecule has 0 N–H and O–H groups in total. The Balaban J connectivity index is 1.44. The molecule has 0 atom stereocenters. The molecular weight excluding hydrogens is 496 g/mol. The monoisotopic (exact) mass is 524 g/mol. The number of carbonyl (C=O) groups excluding carboxylic acids is 1. The molecule has 1 aromatic carbocycles. The molecule has 0 bridgehead atoms. The summed E-state index contributed by atoms with van der Waals surface area (Å²) in [7, 11) is 1.94. The van der Waals surface area contributed by atoms with E-state index in [1.165, 1.54) is 23.1 Å². The van der Waals surface area contributed by atoms with E-state index < -0.39 is 14.0 Å². The number of ether oxygens (including phenoxy) is 2. The van der Waals surface area contributed by atoms with E-state index in [1.54, 1.807) is 17.8 Å². The number of esters is 1. The van der Waals surface area contributed by atoms with Crippen molar-refractivity contribution in [3.63, 3.8) is 0 Å². The fourth-order valence-electron chi connectivity index (χ4n) is 4.17. The molecule has 12 heteroatoms. The minimum absolute atomic E-state index is 0.223. The maximum absolute atomic E-state index is 13.4. The van der Waals surface area contributed by atoms with Crippen LogP contribution in [-0.2, 0) is 29.8 Å². The number of aromatic nitrogens is 6. The summed E-state index contributed by atoms with van der Waals surface area (Å²) in [6, 6.07) is 7.04. The third kappa shape index (κ3) is 4.35. The zero-order chi connectivity index (χ0) is 25.6. The Morgan fingerprint density at radius 3 is 2.61 bits per heavy atom. The van der Waals surface area contributed by atoms with Gasteiger partial charge in [-0.1, -0.05) is 31.8 Å². The molecule has 5 rings (SSSR count). The van der Waals surface area contributed by atoms with Crippen LogP contribution in [0, 0.1) is 0 Å². The van der Waals surface area contributed by atoms with Crippen LogP contribution < -0.4 is 5.56 Å². The Hall–Kier alpha value is -3.35. The molecule has 0 spiro atoms. The van der Waals surface area contributed by atoms with Gasteiger partial charge in [0.1, 0.15) is 12.2 Å². The minimum Gasteiger partial charge on any atom is -0.464 e. The first kappa shape index (κ1) is 24.3. The van der Waals surface area contributed by atoms with Crippen LogP contribution in [0.5, 0.6) is 0 Å². The number of fused-ring (bicyclic) bond motifs is 4. The number of nitrogens with zero attached hydrogens (tertiary/aromatic N) is 6. The lowest BCUT2D eigenvalue weighted by Gasteiger charge is -2.15. The zero-order valence-electron chi connectivity index (χ0n) is 20.9.